The molecule has 1 N–H and O–H groups in total. The van der Waals surface area contributed by atoms with Crippen LogP contribution in [0.25, 0.3) is 0 Å². The molecule has 0 saturated heterocycles. The monoisotopic (exact) mass is 293 g/mol. The van der Waals surface area contributed by atoms with E-state index in [9.17, 15) is 8.78 Å². The van der Waals surface area contributed by atoms with Crippen molar-refractivity contribution in [1.82, 2.24) is 15.1 Å². The van der Waals surface area contributed by atoms with Crippen LogP contribution in [0.3, 0.4) is 0 Å². The Morgan fingerprint density at radius 3 is 2.90 bits per heavy atom. The van der Waals surface area contributed by atoms with Gasteiger partial charge < -0.3 is 15.1 Å². The predicted octanol–water partition coefficient (Wildman–Crippen LogP) is 2.09. The number of nitrogens with one attached hydrogen (secondary N) is 1. The van der Waals surface area contributed by atoms with E-state index in [1.807, 2.05) is 20.3 Å². The summed E-state index contributed by atoms with van der Waals surface area (Å²) in [5.74, 6) is -0.873. The molecule has 5 heteroatoms. The molecule has 0 unspecified atom stereocenters. The molecule has 1 aliphatic heterocycles. The van der Waals surface area contributed by atoms with Crippen LogP contribution in [-0.4, -0.2) is 43.2 Å². The quantitative estimate of drug-likeness (QED) is 0.920. The van der Waals surface area contributed by atoms with E-state index in [2.05, 4.69) is 15.1 Å². The Bertz CT molecular complexity index is 569. The normalized spacial score (nSPS) is 21.3. The van der Waals surface area contributed by atoms with Gasteiger partial charge in [0, 0.05) is 30.5 Å². The first-order chi connectivity index (χ1) is 10.0. The van der Waals surface area contributed by atoms with Gasteiger partial charge in [-0.1, -0.05) is 0 Å². The highest BCUT2D eigenvalue weighted by molar-refractivity contribution is 5.33. The van der Waals surface area contributed by atoms with Gasteiger partial charge in [0.05, 0.1) is 6.67 Å². The molecule has 3 nitrogen and oxygen atoms in total. The first-order valence-corrected chi connectivity index (χ1v) is 7.35. The van der Waals surface area contributed by atoms with Crippen LogP contribution in [0.1, 0.15) is 17.5 Å². The third kappa shape index (κ3) is 2.88. The van der Waals surface area contributed by atoms with Gasteiger partial charge >= 0.3 is 0 Å². The molecule has 114 valence electrons. The van der Waals surface area contributed by atoms with E-state index in [1.165, 1.54) is 11.8 Å². The lowest BCUT2D eigenvalue weighted by Gasteiger charge is -2.35. The average Bonchev–Trinajstić information content (AvgIpc) is 2.85. The van der Waals surface area contributed by atoms with Crippen molar-refractivity contribution in [3.05, 3.63) is 46.8 Å². The van der Waals surface area contributed by atoms with Crippen LogP contribution in [0.2, 0.25) is 0 Å². The Hall–Kier alpha value is -1.62. The van der Waals surface area contributed by atoms with Crippen molar-refractivity contribution in [1.29, 1.82) is 0 Å². The van der Waals surface area contributed by atoms with Gasteiger partial charge in [-0.2, -0.15) is 0 Å². The van der Waals surface area contributed by atoms with E-state index < -0.39 is 11.6 Å². The zero-order chi connectivity index (χ0) is 15.0. The van der Waals surface area contributed by atoms with Crippen LogP contribution in [0.15, 0.2) is 24.0 Å². The number of halogens is 2. The summed E-state index contributed by atoms with van der Waals surface area (Å²) in [6.07, 6.45) is 4.33. The average molecular weight is 293 g/mol. The summed E-state index contributed by atoms with van der Waals surface area (Å²) in [7, 11) is 4.08. The van der Waals surface area contributed by atoms with Gasteiger partial charge in [-0.3, -0.25) is 0 Å². The van der Waals surface area contributed by atoms with E-state index in [0.29, 0.717) is 24.4 Å². The number of benzene rings is 1. The van der Waals surface area contributed by atoms with Gasteiger partial charge in [-0.25, -0.2) is 8.78 Å². The van der Waals surface area contributed by atoms with Crippen LogP contribution < -0.4 is 5.32 Å². The van der Waals surface area contributed by atoms with E-state index >= 15 is 0 Å². The summed E-state index contributed by atoms with van der Waals surface area (Å²) in [6.45, 7) is 1.65. The fourth-order valence-electron chi connectivity index (χ4n) is 3.32. The number of hydrogen-bond donors (Lipinski definition) is 1. The molecule has 3 rings (SSSR count). The SMILES string of the molecule is CN(C)CC1=CNCN1[C@H]1CCc2c(F)cc(F)cc2C1. The summed E-state index contributed by atoms with van der Waals surface area (Å²) in [6, 6.07) is 2.79. The Balaban J connectivity index is 1.78. The molecule has 0 saturated carbocycles. The minimum atomic E-state index is -0.476. The zero-order valence-corrected chi connectivity index (χ0v) is 12.5. The molecule has 0 bridgehead atoms. The smallest absolute Gasteiger partial charge is 0.129 e. The first-order valence-electron chi connectivity index (χ1n) is 7.35. The third-order valence-electron chi connectivity index (χ3n) is 4.25. The Morgan fingerprint density at radius 2 is 2.14 bits per heavy atom. The van der Waals surface area contributed by atoms with Crippen LogP contribution >= 0.6 is 0 Å². The van der Waals surface area contributed by atoms with Crippen molar-refractivity contribution < 1.29 is 8.78 Å². The lowest BCUT2D eigenvalue weighted by Crippen LogP contribution is -2.41. The van der Waals surface area contributed by atoms with Crippen molar-refractivity contribution >= 4 is 0 Å². The van der Waals surface area contributed by atoms with E-state index in [4.69, 9.17) is 0 Å². The summed E-state index contributed by atoms with van der Waals surface area (Å²) in [5.41, 5.74) is 2.75. The number of fused-ring (bicyclic) bond motifs is 1. The lowest BCUT2D eigenvalue weighted by atomic mass is 9.87. The summed E-state index contributed by atoms with van der Waals surface area (Å²) in [4.78, 5) is 4.45. The Labute approximate surface area is 124 Å². The highest BCUT2D eigenvalue weighted by Crippen LogP contribution is 2.29. The molecule has 2 aliphatic rings. The van der Waals surface area contributed by atoms with Gasteiger partial charge in [0.25, 0.3) is 0 Å². The minimum Gasteiger partial charge on any atom is -0.372 e. The minimum absolute atomic E-state index is 0.305. The first kappa shape index (κ1) is 14.3. The van der Waals surface area contributed by atoms with Crippen molar-refractivity contribution in [3.8, 4) is 0 Å². The lowest BCUT2D eigenvalue weighted by molar-refractivity contribution is 0.224. The fourth-order valence-corrected chi connectivity index (χ4v) is 3.32. The predicted molar refractivity (Wildman–Crippen MR) is 78.6 cm³/mol. The second-order valence-corrected chi connectivity index (χ2v) is 6.13. The summed E-state index contributed by atoms with van der Waals surface area (Å²) >= 11 is 0. The van der Waals surface area contributed by atoms with E-state index in [0.717, 1.165) is 31.3 Å². The molecular weight excluding hydrogens is 272 g/mol. The van der Waals surface area contributed by atoms with Gasteiger partial charge in [-0.15, -0.1) is 0 Å². The summed E-state index contributed by atoms with van der Waals surface area (Å²) in [5, 5.41) is 3.26. The molecule has 0 fully saturated rings. The highest BCUT2D eigenvalue weighted by atomic mass is 19.1. The number of rotatable bonds is 3. The van der Waals surface area contributed by atoms with Gasteiger partial charge in [0.15, 0.2) is 0 Å². The number of likely N-dealkylation sites (N-methyl/N-ethyl adjacent to an activating group) is 1. The van der Waals surface area contributed by atoms with Gasteiger partial charge in [0.2, 0.25) is 0 Å². The third-order valence-corrected chi connectivity index (χ3v) is 4.25. The topological polar surface area (TPSA) is 18.5 Å². The molecule has 0 spiro atoms. The molecule has 0 amide bonds. The van der Waals surface area contributed by atoms with Crippen molar-refractivity contribution in [3.63, 3.8) is 0 Å². The number of nitrogens with zero attached hydrogens (tertiary/aromatic N) is 2. The van der Waals surface area contributed by atoms with Crippen LogP contribution in [0, 0.1) is 11.6 Å². The maximum absolute atomic E-state index is 13.8. The molecule has 21 heavy (non-hydrogen) atoms. The van der Waals surface area contributed by atoms with Crippen LogP contribution in [0.4, 0.5) is 8.78 Å². The van der Waals surface area contributed by atoms with Crippen molar-refractivity contribution in [2.45, 2.75) is 25.3 Å². The maximum atomic E-state index is 13.8. The number of hydrogen-bond acceptors (Lipinski definition) is 3. The molecule has 1 heterocycles. The highest BCUT2D eigenvalue weighted by Gasteiger charge is 2.29. The second-order valence-electron chi connectivity index (χ2n) is 6.13. The Kier molecular flexibility index (Phi) is 3.85. The molecule has 1 aromatic rings. The largest absolute Gasteiger partial charge is 0.372 e. The zero-order valence-electron chi connectivity index (χ0n) is 12.5. The molecule has 1 atom stereocenters. The van der Waals surface area contributed by atoms with E-state index in [-0.39, 0.29) is 0 Å². The van der Waals surface area contributed by atoms with Gasteiger partial charge in [-0.05, 0) is 50.6 Å². The van der Waals surface area contributed by atoms with E-state index in [1.54, 1.807) is 0 Å². The van der Waals surface area contributed by atoms with Gasteiger partial charge in [0.1, 0.15) is 11.6 Å². The Morgan fingerprint density at radius 1 is 1.33 bits per heavy atom. The standard InChI is InChI=1S/C16H21F2N3/c1-20(2)9-14-8-19-10-21(14)13-3-4-15-11(6-13)5-12(17)7-16(15)18/h5,7-8,13,19H,3-4,6,9-10H2,1-2H3/t13-/m0/s1. The summed E-state index contributed by atoms with van der Waals surface area (Å²) < 4.78 is 27.2. The van der Waals surface area contributed by atoms with Crippen molar-refractivity contribution in [2.24, 2.45) is 0 Å². The molecule has 0 aromatic heterocycles. The molecular formula is C16H21F2N3. The van der Waals surface area contributed by atoms with Crippen LogP contribution in [0.5, 0.6) is 0 Å². The molecule has 1 aliphatic carbocycles. The molecule has 0 radical (unpaired) electrons. The van der Waals surface area contributed by atoms with Crippen LogP contribution in [-0.2, 0) is 12.8 Å². The van der Waals surface area contributed by atoms with Crippen molar-refractivity contribution in [2.75, 3.05) is 27.3 Å². The molecule has 1 aromatic carbocycles. The second kappa shape index (κ2) is 5.64. The maximum Gasteiger partial charge on any atom is 0.129 e. The fraction of sp³-hybridized carbons (Fsp3) is 0.500.